The van der Waals surface area contributed by atoms with Crippen LogP contribution in [0.2, 0.25) is 0 Å². The molecule has 2 heterocycles. The Labute approximate surface area is 162 Å². The van der Waals surface area contributed by atoms with E-state index in [0.717, 1.165) is 10.6 Å². The lowest BCUT2D eigenvalue weighted by atomic mass is 9.96. The first-order chi connectivity index (χ1) is 13.2. The number of likely N-dealkylation sites (tertiary alicyclic amines) is 1. The molecule has 2 aromatic rings. The van der Waals surface area contributed by atoms with Crippen LogP contribution in [0.15, 0.2) is 36.4 Å². The third kappa shape index (κ3) is 4.60. The highest BCUT2D eigenvalue weighted by Gasteiger charge is 2.29. The molecule has 1 aromatic heterocycles. The van der Waals surface area contributed by atoms with Gasteiger partial charge in [0.25, 0.3) is 0 Å². The lowest BCUT2D eigenvalue weighted by molar-refractivity contribution is -0.130. The number of rotatable bonds is 5. The Morgan fingerprint density at radius 3 is 2.52 bits per heavy atom. The van der Waals surface area contributed by atoms with Crippen LogP contribution in [0, 0.1) is 5.92 Å². The first kappa shape index (κ1) is 17.9. The summed E-state index contributed by atoms with van der Waals surface area (Å²) in [7, 11) is 0. The van der Waals surface area contributed by atoms with Crippen LogP contribution in [-0.2, 0) is 9.59 Å². The van der Waals surface area contributed by atoms with Gasteiger partial charge in [-0.2, -0.15) is 0 Å². The van der Waals surface area contributed by atoms with Crippen molar-refractivity contribution in [2.45, 2.75) is 31.6 Å². The normalized spacial score (nSPS) is 18.0. The molecule has 0 spiro atoms. The molecule has 27 heavy (non-hydrogen) atoms. The molecule has 0 unspecified atom stereocenters. The van der Waals surface area contributed by atoms with Gasteiger partial charge >= 0.3 is 0 Å². The van der Waals surface area contributed by atoms with E-state index in [4.69, 9.17) is 0 Å². The van der Waals surface area contributed by atoms with E-state index in [2.05, 4.69) is 15.5 Å². The van der Waals surface area contributed by atoms with Crippen molar-refractivity contribution in [3.8, 4) is 0 Å². The molecule has 1 aliphatic carbocycles. The fraction of sp³-hybridized carbons (Fsp3) is 0.400. The van der Waals surface area contributed by atoms with Gasteiger partial charge in [-0.15, -0.1) is 10.2 Å². The van der Waals surface area contributed by atoms with Crippen LogP contribution < -0.4 is 5.32 Å². The standard InChI is InChI=1S/C20H22N4O2S/c25-17(9-6-14-4-2-1-3-5-14)24-12-10-15(11-13-24)18(26)21-20-23-22-19(27-20)16-7-8-16/h1-6,9,15-16H,7-8,10-13H2,(H,21,23,26)/b9-6+. The van der Waals surface area contributed by atoms with Crippen LogP contribution in [0.4, 0.5) is 5.13 Å². The number of amides is 2. The van der Waals surface area contributed by atoms with Crippen LogP contribution in [0.5, 0.6) is 0 Å². The van der Waals surface area contributed by atoms with E-state index in [-0.39, 0.29) is 17.7 Å². The molecule has 1 saturated carbocycles. The number of carbonyl (C=O) groups excluding carboxylic acids is 2. The van der Waals surface area contributed by atoms with Gasteiger partial charge < -0.3 is 10.2 Å². The van der Waals surface area contributed by atoms with Crippen molar-refractivity contribution < 1.29 is 9.59 Å². The van der Waals surface area contributed by atoms with Gasteiger partial charge in [0.2, 0.25) is 16.9 Å². The van der Waals surface area contributed by atoms with E-state index in [9.17, 15) is 9.59 Å². The van der Waals surface area contributed by atoms with E-state index < -0.39 is 0 Å². The highest BCUT2D eigenvalue weighted by atomic mass is 32.1. The summed E-state index contributed by atoms with van der Waals surface area (Å²) in [6.45, 7) is 1.19. The fourth-order valence-electron chi connectivity index (χ4n) is 3.19. The lowest BCUT2D eigenvalue weighted by Gasteiger charge is -2.30. The summed E-state index contributed by atoms with van der Waals surface area (Å²) in [5.74, 6) is 0.447. The zero-order valence-corrected chi connectivity index (χ0v) is 15.8. The first-order valence-corrected chi connectivity index (χ1v) is 10.2. The average molecular weight is 382 g/mol. The molecule has 7 heteroatoms. The molecule has 1 saturated heterocycles. The number of nitrogens with zero attached hydrogens (tertiary/aromatic N) is 3. The predicted octanol–water partition coefficient (Wildman–Crippen LogP) is 3.31. The maximum absolute atomic E-state index is 12.5. The Morgan fingerprint density at radius 2 is 1.81 bits per heavy atom. The van der Waals surface area contributed by atoms with Gasteiger partial charge in [0, 0.05) is 31.0 Å². The van der Waals surface area contributed by atoms with E-state index in [1.165, 1.54) is 24.2 Å². The molecule has 0 radical (unpaired) electrons. The Morgan fingerprint density at radius 1 is 1.07 bits per heavy atom. The second-order valence-electron chi connectivity index (χ2n) is 7.05. The van der Waals surface area contributed by atoms with Gasteiger partial charge in [-0.05, 0) is 37.3 Å². The number of benzene rings is 1. The van der Waals surface area contributed by atoms with Crippen LogP contribution in [0.3, 0.4) is 0 Å². The molecule has 1 aliphatic heterocycles. The Hall–Kier alpha value is -2.54. The average Bonchev–Trinajstić information content (AvgIpc) is 3.46. The molecule has 6 nitrogen and oxygen atoms in total. The quantitative estimate of drug-likeness (QED) is 0.805. The maximum atomic E-state index is 12.5. The van der Waals surface area contributed by atoms with Gasteiger partial charge in [-0.1, -0.05) is 41.7 Å². The van der Waals surface area contributed by atoms with Crippen molar-refractivity contribution in [2.75, 3.05) is 18.4 Å². The highest BCUT2D eigenvalue weighted by Crippen LogP contribution is 2.42. The summed E-state index contributed by atoms with van der Waals surface area (Å²) in [6, 6.07) is 9.76. The summed E-state index contributed by atoms with van der Waals surface area (Å²) in [5, 5.41) is 12.7. The van der Waals surface area contributed by atoms with Gasteiger partial charge in [0.1, 0.15) is 5.01 Å². The van der Waals surface area contributed by atoms with Gasteiger partial charge in [0.05, 0.1) is 0 Å². The number of nitrogens with one attached hydrogen (secondary N) is 1. The topological polar surface area (TPSA) is 75.2 Å². The van der Waals surface area contributed by atoms with E-state index in [1.54, 1.807) is 11.0 Å². The molecule has 1 N–H and O–H groups in total. The molecule has 140 valence electrons. The van der Waals surface area contributed by atoms with E-state index in [1.807, 2.05) is 36.4 Å². The Kier molecular flexibility index (Phi) is 5.29. The molecule has 1 aromatic carbocycles. The summed E-state index contributed by atoms with van der Waals surface area (Å²) in [5.41, 5.74) is 1.00. The molecule has 2 aliphatic rings. The minimum Gasteiger partial charge on any atom is -0.339 e. The largest absolute Gasteiger partial charge is 0.339 e. The first-order valence-electron chi connectivity index (χ1n) is 9.35. The van der Waals surface area contributed by atoms with Gasteiger partial charge in [-0.3, -0.25) is 9.59 Å². The maximum Gasteiger partial charge on any atom is 0.246 e. The summed E-state index contributed by atoms with van der Waals surface area (Å²) >= 11 is 1.48. The monoisotopic (exact) mass is 382 g/mol. The highest BCUT2D eigenvalue weighted by molar-refractivity contribution is 7.15. The molecule has 4 rings (SSSR count). The molecule has 2 fully saturated rings. The van der Waals surface area contributed by atoms with Gasteiger partial charge in [0.15, 0.2) is 0 Å². The zero-order valence-electron chi connectivity index (χ0n) is 15.0. The number of anilines is 1. The van der Waals surface area contributed by atoms with Gasteiger partial charge in [-0.25, -0.2) is 0 Å². The third-order valence-corrected chi connectivity index (χ3v) is 5.99. The summed E-state index contributed by atoms with van der Waals surface area (Å²) in [4.78, 5) is 26.6. The minimum absolute atomic E-state index is 0.00379. The molecule has 0 bridgehead atoms. The zero-order chi connectivity index (χ0) is 18.6. The number of carbonyl (C=O) groups is 2. The Bertz CT molecular complexity index is 837. The van der Waals surface area contributed by atoms with Crippen LogP contribution in [0.25, 0.3) is 6.08 Å². The molecule has 0 atom stereocenters. The van der Waals surface area contributed by atoms with Crippen LogP contribution >= 0.6 is 11.3 Å². The number of piperidine rings is 1. The molecular weight excluding hydrogens is 360 g/mol. The van der Waals surface area contributed by atoms with E-state index in [0.29, 0.717) is 37.0 Å². The summed E-state index contributed by atoms with van der Waals surface area (Å²) < 4.78 is 0. The third-order valence-electron chi connectivity index (χ3n) is 4.99. The van der Waals surface area contributed by atoms with Crippen LogP contribution in [0.1, 0.15) is 42.2 Å². The van der Waals surface area contributed by atoms with Crippen molar-refractivity contribution in [3.63, 3.8) is 0 Å². The fourth-order valence-corrected chi connectivity index (χ4v) is 4.10. The number of hydrogen-bond acceptors (Lipinski definition) is 5. The Balaban J connectivity index is 1.25. The second kappa shape index (κ2) is 8.00. The minimum atomic E-state index is -0.0829. The van der Waals surface area contributed by atoms with Crippen LogP contribution in [-0.4, -0.2) is 40.0 Å². The number of hydrogen-bond donors (Lipinski definition) is 1. The number of aromatic nitrogens is 2. The smallest absolute Gasteiger partial charge is 0.246 e. The van der Waals surface area contributed by atoms with Crippen molar-refractivity contribution in [1.82, 2.24) is 15.1 Å². The SMILES string of the molecule is O=C(Nc1nnc(C2CC2)s1)C1CCN(C(=O)/C=C/c2ccccc2)CC1. The molecule has 2 amide bonds. The van der Waals surface area contributed by atoms with Crippen molar-refractivity contribution >= 4 is 34.4 Å². The van der Waals surface area contributed by atoms with Crippen molar-refractivity contribution in [2.24, 2.45) is 5.92 Å². The second-order valence-corrected chi connectivity index (χ2v) is 8.06. The predicted molar refractivity (Wildman–Crippen MR) is 105 cm³/mol. The van der Waals surface area contributed by atoms with E-state index >= 15 is 0 Å². The van der Waals surface area contributed by atoms with Crippen molar-refractivity contribution in [1.29, 1.82) is 0 Å². The lowest BCUT2D eigenvalue weighted by Crippen LogP contribution is -2.40. The molecular formula is C20H22N4O2S. The van der Waals surface area contributed by atoms with Crippen molar-refractivity contribution in [3.05, 3.63) is 47.0 Å². The summed E-state index contributed by atoms with van der Waals surface area (Å²) in [6.07, 6.45) is 7.13.